The van der Waals surface area contributed by atoms with Gasteiger partial charge >= 0.3 is 0 Å². The predicted octanol–water partition coefficient (Wildman–Crippen LogP) is 2.31. The van der Waals surface area contributed by atoms with E-state index in [9.17, 15) is 4.79 Å². The van der Waals surface area contributed by atoms with Gasteiger partial charge in [-0.1, -0.05) is 29.8 Å². The third-order valence-electron chi connectivity index (χ3n) is 3.79. The molecule has 18 heavy (non-hydrogen) atoms. The predicted molar refractivity (Wildman–Crippen MR) is 73.4 cm³/mol. The second-order valence-electron chi connectivity index (χ2n) is 5.47. The number of carbonyl (C=O) groups is 1. The molecule has 1 aliphatic heterocycles. The van der Waals surface area contributed by atoms with Crippen molar-refractivity contribution in [3.8, 4) is 0 Å². The first kappa shape index (κ1) is 13.1. The SMILES string of the molecule is Cc1ccc([C@H](C)NC(=O)C2(C)CCCN2)cc1. The zero-order valence-corrected chi connectivity index (χ0v) is 11.4. The van der Waals surface area contributed by atoms with Gasteiger partial charge in [-0.3, -0.25) is 4.79 Å². The molecule has 0 spiro atoms. The van der Waals surface area contributed by atoms with Crippen LogP contribution in [0.2, 0.25) is 0 Å². The molecule has 98 valence electrons. The van der Waals surface area contributed by atoms with Crippen molar-refractivity contribution in [2.24, 2.45) is 0 Å². The molecule has 1 unspecified atom stereocenters. The van der Waals surface area contributed by atoms with Gasteiger partial charge < -0.3 is 10.6 Å². The van der Waals surface area contributed by atoms with E-state index in [2.05, 4.69) is 41.8 Å². The van der Waals surface area contributed by atoms with Crippen molar-refractivity contribution in [2.75, 3.05) is 6.54 Å². The molecule has 1 amide bonds. The fourth-order valence-electron chi connectivity index (χ4n) is 2.38. The summed E-state index contributed by atoms with van der Waals surface area (Å²) >= 11 is 0. The smallest absolute Gasteiger partial charge is 0.240 e. The molecular weight excluding hydrogens is 224 g/mol. The molecule has 1 saturated heterocycles. The van der Waals surface area contributed by atoms with Gasteiger partial charge in [0.2, 0.25) is 5.91 Å². The Morgan fingerprint density at radius 3 is 2.61 bits per heavy atom. The van der Waals surface area contributed by atoms with Crippen LogP contribution in [0.3, 0.4) is 0 Å². The van der Waals surface area contributed by atoms with Crippen LogP contribution >= 0.6 is 0 Å². The van der Waals surface area contributed by atoms with Gasteiger partial charge in [0.15, 0.2) is 0 Å². The summed E-state index contributed by atoms with van der Waals surface area (Å²) in [4.78, 5) is 12.2. The minimum absolute atomic E-state index is 0.0531. The molecule has 2 rings (SSSR count). The topological polar surface area (TPSA) is 41.1 Å². The van der Waals surface area contributed by atoms with Crippen LogP contribution in [0.1, 0.15) is 43.9 Å². The van der Waals surface area contributed by atoms with Gasteiger partial charge in [-0.2, -0.15) is 0 Å². The number of carbonyl (C=O) groups excluding carboxylic acids is 1. The normalized spacial score (nSPS) is 24.8. The maximum Gasteiger partial charge on any atom is 0.240 e. The molecule has 3 nitrogen and oxygen atoms in total. The van der Waals surface area contributed by atoms with E-state index in [1.165, 1.54) is 5.56 Å². The summed E-state index contributed by atoms with van der Waals surface area (Å²) in [7, 11) is 0. The molecule has 1 aromatic carbocycles. The number of nitrogens with one attached hydrogen (secondary N) is 2. The van der Waals surface area contributed by atoms with E-state index in [1.54, 1.807) is 0 Å². The average molecular weight is 246 g/mol. The molecule has 1 heterocycles. The Labute approximate surface area is 109 Å². The third-order valence-corrected chi connectivity index (χ3v) is 3.79. The molecule has 0 radical (unpaired) electrons. The lowest BCUT2D eigenvalue weighted by molar-refractivity contribution is -0.127. The highest BCUT2D eigenvalue weighted by Crippen LogP contribution is 2.21. The third kappa shape index (κ3) is 2.72. The molecule has 3 heteroatoms. The van der Waals surface area contributed by atoms with Gasteiger partial charge in [0.25, 0.3) is 0 Å². The quantitative estimate of drug-likeness (QED) is 0.859. The summed E-state index contributed by atoms with van der Waals surface area (Å²) in [6, 6.07) is 8.36. The molecule has 1 aromatic rings. The van der Waals surface area contributed by atoms with Crippen molar-refractivity contribution in [2.45, 2.75) is 45.2 Å². The fourth-order valence-corrected chi connectivity index (χ4v) is 2.38. The standard InChI is InChI=1S/C15H22N2O/c1-11-5-7-13(8-6-11)12(2)17-14(18)15(3)9-4-10-16-15/h5-8,12,16H,4,9-10H2,1-3H3,(H,17,18)/t12-,15?/m0/s1. The lowest BCUT2D eigenvalue weighted by Gasteiger charge is -2.26. The fraction of sp³-hybridized carbons (Fsp3) is 0.533. The van der Waals surface area contributed by atoms with Gasteiger partial charge in [0, 0.05) is 0 Å². The van der Waals surface area contributed by atoms with Crippen molar-refractivity contribution in [3.05, 3.63) is 35.4 Å². The Morgan fingerprint density at radius 2 is 2.06 bits per heavy atom. The summed E-state index contributed by atoms with van der Waals surface area (Å²) in [5.41, 5.74) is 2.00. The van der Waals surface area contributed by atoms with Gasteiger partial charge in [-0.05, 0) is 45.7 Å². The zero-order chi connectivity index (χ0) is 13.2. The van der Waals surface area contributed by atoms with E-state index in [4.69, 9.17) is 0 Å². The van der Waals surface area contributed by atoms with E-state index in [0.717, 1.165) is 24.9 Å². The highest BCUT2D eigenvalue weighted by molar-refractivity contribution is 5.86. The number of amides is 1. The first-order valence-corrected chi connectivity index (χ1v) is 6.64. The van der Waals surface area contributed by atoms with Crippen molar-refractivity contribution in [1.82, 2.24) is 10.6 Å². The molecule has 2 atom stereocenters. The Bertz CT molecular complexity index is 419. The molecule has 1 aliphatic rings. The van der Waals surface area contributed by atoms with Gasteiger partial charge in [-0.15, -0.1) is 0 Å². The monoisotopic (exact) mass is 246 g/mol. The Morgan fingerprint density at radius 1 is 1.39 bits per heavy atom. The molecule has 0 aliphatic carbocycles. The molecule has 0 aromatic heterocycles. The van der Waals surface area contributed by atoms with Crippen molar-refractivity contribution >= 4 is 5.91 Å². The second kappa shape index (κ2) is 5.11. The van der Waals surface area contributed by atoms with Crippen molar-refractivity contribution < 1.29 is 4.79 Å². The molecular formula is C15H22N2O. The lowest BCUT2D eigenvalue weighted by Crippen LogP contribution is -2.51. The van der Waals surface area contributed by atoms with Crippen LogP contribution in [0.4, 0.5) is 0 Å². The zero-order valence-electron chi connectivity index (χ0n) is 11.4. The number of hydrogen-bond acceptors (Lipinski definition) is 2. The van der Waals surface area contributed by atoms with E-state index >= 15 is 0 Å². The van der Waals surface area contributed by atoms with Crippen molar-refractivity contribution in [3.63, 3.8) is 0 Å². The van der Waals surface area contributed by atoms with Crippen LogP contribution in [0.15, 0.2) is 24.3 Å². The first-order chi connectivity index (χ1) is 8.51. The maximum atomic E-state index is 12.2. The highest BCUT2D eigenvalue weighted by atomic mass is 16.2. The van der Waals surface area contributed by atoms with Crippen LogP contribution in [-0.2, 0) is 4.79 Å². The van der Waals surface area contributed by atoms with E-state index in [1.807, 2.05) is 13.8 Å². The minimum Gasteiger partial charge on any atom is -0.348 e. The lowest BCUT2D eigenvalue weighted by atomic mass is 9.98. The Hall–Kier alpha value is -1.35. The summed E-state index contributed by atoms with van der Waals surface area (Å²) in [6.45, 7) is 7.01. The highest BCUT2D eigenvalue weighted by Gasteiger charge is 2.36. The molecule has 0 bridgehead atoms. The number of benzene rings is 1. The largest absolute Gasteiger partial charge is 0.348 e. The minimum atomic E-state index is -0.390. The number of rotatable bonds is 3. The van der Waals surface area contributed by atoms with Crippen LogP contribution in [-0.4, -0.2) is 18.0 Å². The van der Waals surface area contributed by atoms with Crippen molar-refractivity contribution in [1.29, 1.82) is 0 Å². The maximum absolute atomic E-state index is 12.2. The van der Waals surface area contributed by atoms with Crippen LogP contribution < -0.4 is 10.6 Å². The Kier molecular flexibility index (Phi) is 3.71. The average Bonchev–Trinajstić information content (AvgIpc) is 2.78. The number of aryl methyl sites for hydroxylation is 1. The van der Waals surface area contributed by atoms with Crippen LogP contribution in [0.5, 0.6) is 0 Å². The first-order valence-electron chi connectivity index (χ1n) is 6.64. The summed E-state index contributed by atoms with van der Waals surface area (Å²) < 4.78 is 0. The molecule has 1 fully saturated rings. The van der Waals surface area contributed by atoms with Gasteiger partial charge in [0.05, 0.1) is 11.6 Å². The summed E-state index contributed by atoms with van der Waals surface area (Å²) in [5, 5.41) is 6.38. The number of hydrogen-bond donors (Lipinski definition) is 2. The summed E-state index contributed by atoms with van der Waals surface area (Å²) in [5.74, 6) is 0.105. The van der Waals surface area contributed by atoms with Crippen LogP contribution in [0, 0.1) is 6.92 Å². The summed E-state index contributed by atoms with van der Waals surface area (Å²) in [6.07, 6.45) is 1.99. The van der Waals surface area contributed by atoms with E-state index in [-0.39, 0.29) is 17.5 Å². The van der Waals surface area contributed by atoms with Gasteiger partial charge in [0.1, 0.15) is 0 Å². The Balaban J connectivity index is 2.00. The molecule has 0 saturated carbocycles. The van der Waals surface area contributed by atoms with Crippen LogP contribution in [0.25, 0.3) is 0 Å². The van der Waals surface area contributed by atoms with E-state index < -0.39 is 0 Å². The second-order valence-corrected chi connectivity index (χ2v) is 5.47. The van der Waals surface area contributed by atoms with E-state index in [0.29, 0.717) is 0 Å². The molecule has 2 N–H and O–H groups in total. The van der Waals surface area contributed by atoms with Gasteiger partial charge in [-0.25, -0.2) is 0 Å².